The molecule has 1 N–H and O–H groups in total. The number of fused-ring (bicyclic) bond motifs is 1. The van der Waals surface area contributed by atoms with Crippen LogP contribution < -0.4 is 4.90 Å². The Labute approximate surface area is 311 Å². The number of nitrogens with one attached hydrogen (secondary N) is 1. The molecule has 0 bridgehead atoms. The van der Waals surface area contributed by atoms with Crippen molar-refractivity contribution in [2.75, 3.05) is 51.0 Å². The van der Waals surface area contributed by atoms with Crippen LogP contribution in [0.3, 0.4) is 0 Å². The molecule has 3 aromatic rings. The molecule has 3 aliphatic rings. The minimum atomic E-state index is -0.282. The Bertz CT molecular complexity index is 1590. The Kier molecular flexibility index (Phi) is 13.2. The summed E-state index contributed by atoms with van der Waals surface area (Å²) in [5.74, 6) is 1.01. The third kappa shape index (κ3) is 8.71. The SMILES string of the molecule is C.C=C(C)N1CCN(c2nn(C3CC4(C3)CN(C(=S)OC(C)(C)C)C4C)c(C)c2-c2c(Cl)ccc3[nH]ncc23)CC1.COC(C)(C)C.CS. The zero-order chi connectivity index (χ0) is 35.8. The number of piperazine rings is 1. The van der Waals surface area contributed by atoms with Gasteiger partial charge in [-0.2, -0.15) is 22.8 Å². The lowest BCUT2D eigenvalue weighted by Crippen LogP contribution is -2.70. The number of anilines is 1. The molecule has 3 fully saturated rings. The lowest BCUT2D eigenvalue weighted by Gasteiger charge is -2.64. The van der Waals surface area contributed by atoms with Gasteiger partial charge in [0, 0.05) is 84.2 Å². The molecule has 2 aliphatic heterocycles. The molecule has 2 aromatic heterocycles. The lowest BCUT2D eigenvalue weighted by atomic mass is 9.56. The molecule has 1 aliphatic carbocycles. The molecule has 1 atom stereocenters. The normalized spacial score (nSPS) is 21.9. The second-order valence-electron chi connectivity index (χ2n) is 15.2. The molecule has 0 amide bonds. The van der Waals surface area contributed by atoms with Crippen molar-refractivity contribution < 1.29 is 9.47 Å². The molecule has 4 heterocycles. The summed E-state index contributed by atoms with van der Waals surface area (Å²) in [5, 5.41) is 15.1. The summed E-state index contributed by atoms with van der Waals surface area (Å²) in [4.78, 5) is 7.00. The van der Waals surface area contributed by atoms with E-state index in [1.165, 1.54) is 0 Å². The standard InChI is InChI=1S/C30H40ClN7OS.C5H12O.CH4S.CH4/c1-18(2)35-10-12-36(13-11-35)27-25(26-22-16-32-33-24(22)9-8-23(26)31)19(3)38(34-27)21-14-30(15-21)17-37(20(30)4)28(40)39-29(5,6)7;1-5(2,3)6-4;1-2;/h8-9,16,20-21H,1,10-15,17H2,2-7H3,(H,32,33);1-4H3;2H,1H3;1H4. The molecule has 12 heteroatoms. The van der Waals surface area contributed by atoms with Gasteiger partial charge in [0.2, 0.25) is 0 Å². The third-order valence-electron chi connectivity index (χ3n) is 9.78. The van der Waals surface area contributed by atoms with Gasteiger partial charge >= 0.3 is 0 Å². The zero-order valence-electron chi connectivity index (χ0n) is 30.8. The average molecular weight is 735 g/mol. The number of hydrogen-bond donors (Lipinski definition) is 2. The zero-order valence-corrected chi connectivity index (χ0v) is 33.2. The first kappa shape index (κ1) is 41.0. The van der Waals surface area contributed by atoms with Crippen molar-refractivity contribution in [1.29, 1.82) is 0 Å². The molecule has 6 rings (SSSR count). The minimum Gasteiger partial charge on any atom is -0.465 e. The number of thiocarbonyl (C=S) groups is 1. The maximum absolute atomic E-state index is 6.92. The largest absolute Gasteiger partial charge is 0.465 e. The smallest absolute Gasteiger partial charge is 0.260 e. The second-order valence-corrected chi connectivity index (χ2v) is 16.0. The number of aromatic nitrogens is 4. The van der Waals surface area contributed by atoms with E-state index in [0.717, 1.165) is 89.8 Å². The molecular formula is C37H60ClN7O2S2. The molecular weight excluding hydrogens is 674 g/mol. The molecule has 0 radical (unpaired) electrons. The van der Waals surface area contributed by atoms with Gasteiger partial charge in [-0.15, -0.1) is 0 Å². The van der Waals surface area contributed by atoms with Crippen molar-refractivity contribution in [3.63, 3.8) is 0 Å². The van der Waals surface area contributed by atoms with Gasteiger partial charge in [0.25, 0.3) is 5.17 Å². The Hall–Kier alpha value is -2.47. The first-order chi connectivity index (χ1) is 22.4. The molecule has 2 saturated heterocycles. The number of aromatic amines is 1. The predicted molar refractivity (Wildman–Crippen MR) is 214 cm³/mol. The second kappa shape index (κ2) is 15.8. The van der Waals surface area contributed by atoms with Crippen molar-refractivity contribution in [3.8, 4) is 11.1 Å². The van der Waals surface area contributed by atoms with Crippen LogP contribution in [0.2, 0.25) is 5.02 Å². The summed E-state index contributed by atoms with van der Waals surface area (Å²) in [6, 6.07) is 4.65. The van der Waals surface area contributed by atoms with Crippen LogP contribution in [0.5, 0.6) is 0 Å². The number of rotatable bonds is 4. The fourth-order valence-electron chi connectivity index (χ4n) is 6.81. The van der Waals surface area contributed by atoms with E-state index in [4.69, 9.17) is 38.4 Å². The Morgan fingerprint density at radius 3 is 2.16 bits per heavy atom. The van der Waals surface area contributed by atoms with Gasteiger partial charge in [-0.1, -0.05) is 25.6 Å². The maximum atomic E-state index is 6.92. The summed E-state index contributed by atoms with van der Waals surface area (Å²) in [5.41, 5.74) is 5.39. The number of thiol groups is 1. The van der Waals surface area contributed by atoms with E-state index in [1.54, 1.807) is 13.4 Å². The number of likely N-dealkylation sites (tertiary alicyclic amines) is 1. The van der Waals surface area contributed by atoms with E-state index < -0.39 is 0 Å². The highest BCUT2D eigenvalue weighted by atomic mass is 35.5. The van der Waals surface area contributed by atoms with Crippen molar-refractivity contribution in [2.45, 2.75) is 106 Å². The van der Waals surface area contributed by atoms with E-state index in [9.17, 15) is 0 Å². The number of ether oxygens (including phenoxy) is 2. The summed E-state index contributed by atoms with van der Waals surface area (Å²) < 4.78 is 13.2. The van der Waals surface area contributed by atoms with E-state index in [-0.39, 0.29) is 24.0 Å². The fraction of sp³-hybridized carbons (Fsp3) is 0.649. The number of benzene rings is 1. The molecule has 49 heavy (non-hydrogen) atoms. The Morgan fingerprint density at radius 1 is 1.06 bits per heavy atom. The quantitative estimate of drug-likeness (QED) is 0.204. The monoisotopic (exact) mass is 733 g/mol. The van der Waals surface area contributed by atoms with Gasteiger partial charge in [-0.25, -0.2) is 0 Å². The molecule has 1 saturated carbocycles. The van der Waals surface area contributed by atoms with Gasteiger partial charge in [0.15, 0.2) is 5.82 Å². The molecule has 1 unspecified atom stereocenters. The third-order valence-corrected chi connectivity index (χ3v) is 10.4. The van der Waals surface area contributed by atoms with Crippen LogP contribution in [0.25, 0.3) is 22.0 Å². The Balaban J connectivity index is 0.000000655. The highest BCUT2D eigenvalue weighted by Crippen LogP contribution is 2.59. The number of allylic oxidation sites excluding steroid dienone is 1. The van der Waals surface area contributed by atoms with Crippen molar-refractivity contribution in [3.05, 3.63) is 41.3 Å². The highest BCUT2D eigenvalue weighted by Gasteiger charge is 2.59. The average Bonchev–Trinajstić information content (AvgIpc) is 3.60. The van der Waals surface area contributed by atoms with Crippen LogP contribution in [0.1, 0.15) is 87.4 Å². The summed E-state index contributed by atoms with van der Waals surface area (Å²) >= 11 is 16.1. The highest BCUT2D eigenvalue weighted by molar-refractivity contribution is 7.80. The first-order valence-corrected chi connectivity index (χ1v) is 18.5. The van der Waals surface area contributed by atoms with Gasteiger partial charge < -0.3 is 24.2 Å². The number of nitrogens with zero attached hydrogens (tertiary/aromatic N) is 6. The molecule has 9 nitrogen and oxygen atoms in total. The number of methoxy groups -OCH3 is 1. The van der Waals surface area contributed by atoms with Gasteiger partial charge in [0.1, 0.15) is 5.60 Å². The lowest BCUT2D eigenvalue weighted by molar-refractivity contribution is -0.119. The van der Waals surface area contributed by atoms with E-state index in [0.29, 0.717) is 17.3 Å². The van der Waals surface area contributed by atoms with Crippen LogP contribution in [0.4, 0.5) is 5.82 Å². The van der Waals surface area contributed by atoms with E-state index in [2.05, 4.69) is 69.6 Å². The van der Waals surface area contributed by atoms with Crippen LogP contribution in [0, 0.1) is 12.3 Å². The van der Waals surface area contributed by atoms with Gasteiger partial charge in [-0.3, -0.25) is 9.78 Å². The summed E-state index contributed by atoms with van der Waals surface area (Å²) in [6.07, 6.45) is 5.73. The van der Waals surface area contributed by atoms with Crippen molar-refractivity contribution in [2.24, 2.45) is 5.41 Å². The van der Waals surface area contributed by atoms with Crippen LogP contribution in [-0.4, -0.2) is 98.3 Å². The van der Waals surface area contributed by atoms with Crippen LogP contribution in [0.15, 0.2) is 30.6 Å². The molecule has 274 valence electrons. The first-order valence-electron chi connectivity index (χ1n) is 16.8. The van der Waals surface area contributed by atoms with Crippen molar-refractivity contribution in [1.82, 2.24) is 29.8 Å². The summed E-state index contributed by atoms with van der Waals surface area (Å²) in [7, 11) is 1.71. The van der Waals surface area contributed by atoms with Crippen LogP contribution >= 0.6 is 36.4 Å². The Morgan fingerprint density at radius 2 is 1.65 bits per heavy atom. The topological polar surface area (TPSA) is 74.7 Å². The molecule has 1 spiro atoms. The fourth-order valence-corrected chi connectivity index (χ4v) is 7.54. The predicted octanol–water partition coefficient (Wildman–Crippen LogP) is 8.78. The van der Waals surface area contributed by atoms with Gasteiger partial charge in [-0.05, 0) is 106 Å². The van der Waals surface area contributed by atoms with Crippen LogP contribution in [-0.2, 0) is 9.47 Å². The number of H-pyrrole nitrogens is 1. The number of halogens is 1. The molecule has 1 aromatic carbocycles. The number of hydrogen-bond acceptors (Lipinski definition) is 8. The maximum Gasteiger partial charge on any atom is 0.260 e. The van der Waals surface area contributed by atoms with E-state index in [1.807, 2.05) is 59.9 Å². The van der Waals surface area contributed by atoms with Crippen molar-refractivity contribution >= 4 is 58.3 Å². The van der Waals surface area contributed by atoms with Gasteiger partial charge in [0.05, 0.1) is 23.4 Å². The van der Waals surface area contributed by atoms with E-state index >= 15 is 0 Å². The summed E-state index contributed by atoms with van der Waals surface area (Å²) in [6.45, 7) is 27.5. The minimum absolute atomic E-state index is 0.